The monoisotopic (exact) mass is 565 g/mol. The number of likely N-dealkylation sites (N-methyl/N-ethyl adjacent to an activating group) is 1. The summed E-state index contributed by atoms with van der Waals surface area (Å²) in [4.78, 5) is 5.94. The summed E-state index contributed by atoms with van der Waals surface area (Å²) in [6.07, 6.45) is 3.07. The van der Waals surface area contributed by atoms with Crippen LogP contribution in [0.15, 0.2) is 152 Å². The smallest absolute Gasteiger partial charge is 0.0950 e. The number of benzene rings is 5. The van der Waals surface area contributed by atoms with Crippen molar-refractivity contribution in [1.82, 2.24) is 15.2 Å². The molecule has 0 aliphatic rings. The summed E-state index contributed by atoms with van der Waals surface area (Å²) in [5.74, 6) is 0. The van der Waals surface area contributed by atoms with Gasteiger partial charge in [0.2, 0.25) is 0 Å². The van der Waals surface area contributed by atoms with E-state index in [1.54, 1.807) is 0 Å². The number of hydrogen-bond donors (Lipinski definition) is 2. The van der Waals surface area contributed by atoms with E-state index in [2.05, 4.69) is 174 Å². The van der Waals surface area contributed by atoms with Crippen molar-refractivity contribution in [1.29, 1.82) is 0 Å². The number of nitrogens with zero attached hydrogens (tertiary/aromatic N) is 1. The highest BCUT2D eigenvalue weighted by atomic mass is 15.1. The average molecular weight is 566 g/mol. The summed E-state index contributed by atoms with van der Waals surface area (Å²) < 4.78 is 0. The molecule has 3 heteroatoms. The van der Waals surface area contributed by atoms with Gasteiger partial charge in [0, 0.05) is 36.2 Å². The van der Waals surface area contributed by atoms with Gasteiger partial charge in [-0.25, -0.2) is 0 Å². The predicted octanol–water partition coefficient (Wildman–Crippen LogP) is 8.82. The van der Waals surface area contributed by atoms with Crippen molar-refractivity contribution in [2.75, 3.05) is 13.6 Å². The molecule has 1 unspecified atom stereocenters. The van der Waals surface area contributed by atoms with Crippen molar-refractivity contribution in [3.63, 3.8) is 0 Å². The van der Waals surface area contributed by atoms with Crippen molar-refractivity contribution >= 4 is 10.9 Å². The minimum Gasteiger partial charge on any atom is -0.361 e. The minimum atomic E-state index is -0.534. The van der Waals surface area contributed by atoms with E-state index in [9.17, 15) is 0 Å². The maximum absolute atomic E-state index is 4.28. The number of aromatic amines is 1. The first kappa shape index (κ1) is 30.0. The Bertz CT molecular complexity index is 1550. The van der Waals surface area contributed by atoms with Crippen molar-refractivity contribution in [2.45, 2.75) is 38.4 Å². The molecular weight excluding hydrogens is 522 g/mol. The van der Waals surface area contributed by atoms with Gasteiger partial charge in [-0.05, 0) is 47.4 Å². The van der Waals surface area contributed by atoms with Gasteiger partial charge in [0.15, 0.2) is 0 Å². The highest BCUT2D eigenvalue weighted by Gasteiger charge is 2.38. The molecule has 218 valence electrons. The van der Waals surface area contributed by atoms with Crippen LogP contribution in [0.4, 0.5) is 0 Å². The molecule has 0 fully saturated rings. The molecule has 1 atom stereocenters. The van der Waals surface area contributed by atoms with Gasteiger partial charge in [-0.2, -0.15) is 0 Å². The Morgan fingerprint density at radius 2 is 1.09 bits per heavy atom. The first-order valence-electron chi connectivity index (χ1n) is 15.4. The lowest BCUT2D eigenvalue weighted by Crippen LogP contribution is -2.53. The van der Waals surface area contributed by atoms with Gasteiger partial charge in [-0.1, -0.05) is 153 Å². The SMILES string of the molecule is CC.CN(Cc1ccccc1)CC(Cc1c[nH]c2ccccc12)NC(c1ccccc1)(c1ccccc1)c1ccccc1. The fraction of sp³-hybridized carbons (Fsp3) is 0.200. The lowest BCUT2D eigenvalue weighted by atomic mass is 9.76. The Balaban J connectivity index is 0.00000180. The van der Waals surface area contributed by atoms with E-state index >= 15 is 0 Å². The van der Waals surface area contributed by atoms with Crippen LogP contribution in [0.5, 0.6) is 0 Å². The standard InChI is InChI=1S/C38H37N3.C2H6/c1-41(28-30-16-6-2-7-17-30)29-35(26-31-27-39-37-25-15-14-24-36(31)37)40-38(32-18-8-3-9-19-32,33-20-10-4-11-21-33)34-22-12-5-13-23-34;1-2/h2-25,27,35,39-40H,26,28-29H2,1H3;1-2H3. The van der Waals surface area contributed by atoms with Gasteiger partial charge in [0.25, 0.3) is 0 Å². The summed E-state index contributed by atoms with van der Waals surface area (Å²) in [5.41, 5.74) is 6.98. The third kappa shape index (κ3) is 6.97. The minimum absolute atomic E-state index is 0.142. The molecule has 0 bridgehead atoms. The highest BCUT2D eigenvalue weighted by molar-refractivity contribution is 5.83. The largest absolute Gasteiger partial charge is 0.361 e. The zero-order valence-corrected chi connectivity index (χ0v) is 25.6. The lowest BCUT2D eigenvalue weighted by Gasteiger charge is -2.41. The predicted molar refractivity (Wildman–Crippen MR) is 182 cm³/mol. The summed E-state index contributed by atoms with van der Waals surface area (Å²) in [7, 11) is 2.23. The molecule has 43 heavy (non-hydrogen) atoms. The molecule has 2 N–H and O–H groups in total. The summed E-state index contributed by atoms with van der Waals surface area (Å²) in [6, 6.07) is 52.2. The number of para-hydroxylation sites is 1. The molecule has 0 amide bonds. The molecule has 3 nitrogen and oxygen atoms in total. The van der Waals surface area contributed by atoms with Crippen LogP contribution >= 0.6 is 0 Å². The van der Waals surface area contributed by atoms with Crippen molar-refractivity contribution in [3.8, 4) is 0 Å². The van der Waals surface area contributed by atoms with Crippen LogP contribution in [0, 0.1) is 0 Å². The zero-order chi connectivity index (χ0) is 29.9. The molecule has 0 saturated carbocycles. The molecule has 1 heterocycles. The zero-order valence-electron chi connectivity index (χ0n) is 25.6. The van der Waals surface area contributed by atoms with E-state index in [1.165, 1.54) is 38.7 Å². The Morgan fingerprint density at radius 3 is 1.63 bits per heavy atom. The fourth-order valence-electron chi connectivity index (χ4n) is 6.18. The fourth-order valence-corrected chi connectivity index (χ4v) is 6.18. The molecule has 0 spiro atoms. The number of rotatable bonds is 11. The second kappa shape index (κ2) is 14.6. The highest BCUT2D eigenvalue weighted by Crippen LogP contribution is 2.38. The van der Waals surface area contributed by atoms with E-state index in [1.807, 2.05) is 13.8 Å². The van der Waals surface area contributed by atoms with E-state index in [0.29, 0.717) is 0 Å². The van der Waals surface area contributed by atoms with Crippen LogP contribution in [0.25, 0.3) is 10.9 Å². The summed E-state index contributed by atoms with van der Waals surface area (Å²) >= 11 is 0. The normalized spacial score (nSPS) is 12.1. The third-order valence-corrected chi connectivity index (χ3v) is 8.01. The molecule has 0 radical (unpaired) electrons. The summed E-state index contributed by atoms with van der Waals surface area (Å²) in [6.45, 7) is 5.77. The van der Waals surface area contributed by atoms with Gasteiger partial charge >= 0.3 is 0 Å². The molecule has 0 aliphatic heterocycles. The van der Waals surface area contributed by atoms with E-state index in [0.717, 1.165) is 19.5 Å². The average Bonchev–Trinajstić information content (AvgIpc) is 3.48. The van der Waals surface area contributed by atoms with Gasteiger partial charge in [0.1, 0.15) is 0 Å². The van der Waals surface area contributed by atoms with Crippen LogP contribution in [0.2, 0.25) is 0 Å². The van der Waals surface area contributed by atoms with Crippen LogP contribution in [0.1, 0.15) is 41.7 Å². The number of H-pyrrole nitrogens is 1. The maximum Gasteiger partial charge on any atom is 0.0950 e. The van der Waals surface area contributed by atoms with Gasteiger partial charge in [0.05, 0.1) is 5.54 Å². The summed E-state index contributed by atoms with van der Waals surface area (Å²) in [5, 5.41) is 5.57. The van der Waals surface area contributed by atoms with Crippen molar-refractivity contribution < 1.29 is 0 Å². The number of aromatic nitrogens is 1. The number of hydrogen-bond acceptors (Lipinski definition) is 2. The molecule has 6 rings (SSSR count). The van der Waals surface area contributed by atoms with E-state index in [4.69, 9.17) is 0 Å². The van der Waals surface area contributed by atoms with Crippen molar-refractivity contribution in [3.05, 3.63) is 180 Å². The molecule has 0 saturated heterocycles. The molecule has 1 aromatic heterocycles. The topological polar surface area (TPSA) is 31.1 Å². The molecule has 5 aromatic carbocycles. The van der Waals surface area contributed by atoms with Gasteiger partial charge < -0.3 is 9.88 Å². The van der Waals surface area contributed by atoms with Gasteiger partial charge in [-0.15, -0.1) is 0 Å². The lowest BCUT2D eigenvalue weighted by molar-refractivity contribution is 0.257. The Morgan fingerprint density at radius 1 is 0.628 bits per heavy atom. The van der Waals surface area contributed by atoms with Crippen molar-refractivity contribution in [2.24, 2.45) is 0 Å². The maximum atomic E-state index is 4.28. The Labute approximate surface area is 257 Å². The van der Waals surface area contributed by atoms with Crippen LogP contribution < -0.4 is 5.32 Å². The number of nitrogens with one attached hydrogen (secondary N) is 2. The second-order valence-corrected chi connectivity index (χ2v) is 10.9. The van der Waals surface area contributed by atoms with Gasteiger partial charge in [-0.3, -0.25) is 5.32 Å². The van der Waals surface area contributed by atoms with Crippen LogP contribution in [-0.4, -0.2) is 29.5 Å². The quantitative estimate of drug-likeness (QED) is 0.154. The van der Waals surface area contributed by atoms with E-state index in [-0.39, 0.29) is 6.04 Å². The molecule has 0 aliphatic carbocycles. The molecular formula is C40H43N3. The Kier molecular flexibility index (Phi) is 10.2. The Hall–Kier alpha value is -4.44. The third-order valence-electron chi connectivity index (χ3n) is 8.01. The number of fused-ring (bicyclic) bond motifs is 1. The first-order chi connectivity index (χ1) is 21.2. The first-order valence-corrected chi connectivity index (χ1v) is 15.4. The second-order valence-electron chi connectivity index (χ2n) is 10.9. The van der Waals surface area contributed by atoms with Crippen LogP contribution in [-0.2, 0) is 18.5 Å². The van der Waals surface area contributed by atoms with Crippen LogP contribution in [0.3, 0.4) is 0 Å². The van der Waals surface area contributed by atoms with E-state index < -0.39 is 5.54 Å². The molecule has 6 aromatic rings.